The lowest BCUT2D eigenvalue weighted by Crippen LogP contribution is -2.12. The first-order chi connectivity index (χ1) is 9.74. The smallest absolute Gasteiger partial charge is 0.259 e. The summed E-state index contributed by atoms with van der Waals surface area (Å²) in [6, 6.07) is 7.61. The minimum atomic E-state index is -0.168. The number of thiazole rings is 1. The van der Waals surface area contributed by atoms with Crippen molar-refractivity contribution in [1.29, 1.82) is 0 Å². The summed E-state index contributed by atoms with van der Waals surface area (Å²) in [4.78, 5) is 16.3. The fourth-order valence-corrected chi connectivity index (χ4v) is 2.48. The second-order valence-corrected chi connectivity index (χ2v) is 5.17. The van der Waals surface area contributed by atoms with Crippen LogP contribution in [0.15, 0.2) is 42.0 Å². The van der Waals surface area contributed by atoms with Crippen molar-refractivity contribution in [3.8, 4) is 10.6 Å². The number of aryl methyl sites for hydroxylation is 1. The highest BCUT2D eigenvalue weighted by molar-refractivity contribution is 7.13. The normalized spacial score (nSPS) is 10.4. The van der Waals surface area contributed by atoms with Gasteiger partial charge in [-0.2, -0.15) is 5.10 Å². The molecule has 5 nitrogen and oxygen atoms in total. The molecule has 20 heavy (non-hydrogen) atoms. The molecule has 0 saturated heterocycles. The van der Waals surface area contributed by atoms with E-state index in [4.69, 9.17) is 0 Å². The number of aromatic nitrogens is 3. The SMILES string of the molecule is Cc1[nH]ncc1C(=O)Nc1ccc(-c2nccs2)cc1. The van der Waals surface area contributed by atoms with Crippen LogP contribution in [0.4, 0.5) is 5.69 Å². The highest BCUT2D eigenvalue weighted by atomic mass is 32.1. The summed E-state index contributed by atoms with van der Waals surface area (Å²) in [6.07, 6.45) is 3.30. The molecule has 2 aromatic heterocycles. The zero-order chi connectivity index (χ0) is 13.9. The van der Waals surface area contributed by atoms with Crippen molar-refractivity contribution >= 4 is 22.9 Å². The van der Waals surface area contributed by atoms with E-state index in [2.05, 4.69) is 20.5 Å². The van der Waals surface area contributed by atoms with Gasteiger partial charge in [0.15, 0.2) is 0 Å². The third-order valence-corrected chi connectivity index (χ3v) is 3.72. The van der Waals surface area contributed by atoms with Crippen LogP contribution >= 0.6 is 11.3 Å². The van der Waals surface area contributed by atoms with Crippen LogP contribution in [-0.4, -0.2) is 21.1 Å². The number of amides is 1. The Morgan fingerprint density at radius 2 is 2.10 bits per heavy atom. The molecule has 3 rings (SSSR count). The van der Waals surface area contributed by atoms with Crippen LogP contribution in [0.2, 0.25) is 0 Å². The quantitative estimate of drug-likeness (QED) is 0.776. The fraction of sp³-hybridized carbons (Fsp3) is 0.0714. The number of carbonyl (C=O) groups is 1. The number of hydrogen-bond acceptors (Lipinski definition) is 4. The largest absolute Gasteiger partial charge is 0.322 e. The molecule has 0 aliphatic carbocycles. The van der Waals surface area contributed by atoms with Gasteiger partial charge >= 0.3 is 0 Å². The Bertz CT molecular complexity index is 716. The summed E-state index contributed by atoms with van der Waals surface area (Å²) in [6.45, 7) is 1.81. The van der Waals surface area contributed by atoms with Gasteiger partial charge in [0.05, 0.1) is 11.8 Å². The van der Waals surface area contributed by atoms with Gasteiger partial charge in [-0.1, -0.05) is 0 Å². The Balaban J connectivity index is 1.76. The molecule has 0 saturated carbocycles. The monoisotopic (exact) mass is 284 g/mol. The molecule has 6 heteroatoms. The number of anilines is 1. The van der Waals surface area contributed by atoms with Crippen molar-refractivity contribution in [3.05, 3.63) is 53.3 Å². The molecule has 0 radical (unpaired) electrons. The molecule has 0 aliphatic heterocycles. The lowest BCUT2D eigenvalue weighted by atomic mass is 10.2. The van der Waals surface area contributed by atoms with Gasteiger partial charge in [-0.05, 0) is 31.2 Å². The first-order valence-electron chi connectivity index (χ1n) is 6.05. The number of benzene rings is 1. The average molecular weight is 284 g/mol. The highest BCUT2D eigenvalue weighted by Gasteiger charge is 2.11. The Kier molecular flexibility index (Phi) is 3.30. The molecule has 1 aromatic carbocycles. The van der Waals surface area contributed by atoms with Crippen molar-refractivity contribution in [2.24, 2.45) is 0 Å². The van der Waals surface area contributed by atoms with Crippen molar-refractivity contribution in [2.75, 3.05) is 5.32 Å². The fourth-order valence-electron chi connectivity index (χ4n) is 1.84. The van der Waals surface area contributed by atoms with Crippen LogP contribution in [0.1, 0.15) is 16.1 Å². The third-order valence-electron chi connectivity index (χ3n) is 2.90. The lowest BCUT2D eigenvalue weighted by molar-refractivity contribution is 0.102. The molecule has 2 heterocycles. The number of carbonyl (C=O) groups excluding carboxylic acids is 1. The maximum Gasteiger partial charge on any atom is 0.259 e. The number of rotatable bonds is 3. The average Bonchev–Trinajstić information content (AvgIpc) is 3.10. The van der Waals surface area contributed by atoms with E-state index < -0.39 is 0 Å². The summed E-state index contributed by atoms with van der Waals surface area (Å²) < 4.78 is 0. The number of nitrogens with zero attached hydrogens (tertiary/aromatic N) is 2. The van der Waals surface area contributed by atoms with Gasteiger partial charge in [0.2, 0.25) is 0 Å². The van der Waals surface area contributed by atoms with Gasteiger partial charge in [0, 0.05) is 28.5 Å². The van der Waals surface area contributed by atoms with Crippen LogP contribution in [0.25, 0.3) is 10.6 Å². The summed E-state index contributed by atoms with van der Waals surface area (Å²) in [7, 11) is 0. The van der Waals surface area contributed by atoms with Crippen molar-refractivity contribution < 1.29 is 4.79 Å². The first kappa shape index (κ1) is 12.6. The molecule has 3 aromatic rings. The van der Waals surface area contributed by atoms with E-state index >= 15 is 0 Å². The molecule has 100 valence electrons. The zero-order valence-corrected chi connectivity index (χ0v) is 11.6. The van der Waals surface area contributed by atoms with E-state index in [1.807, 2.05) is 36.6 Å². The topological polar surface area (TPSA) is 70.7 Å². The van der Waals surface area contributed by atoms with Gasteiger partial charge < -0.3 is 5.32 Å². The summed E-state index contributed by atoms with van der Waals surface area (Å²) in [5.74, 6) is -0.168. The van der Waals surface area contributed by atoms with E-state index in [-0.39, 0.29) is 5.91 Å². The maximum atomic E-state index is 12.0. The van der Waals surface area contributed by atoms with E-state index in [1.54, 1.807) is 17.5 Å². The number of aromatic amines is 1. The van der Waals surface area contributed by atoms with Crippen LogP contribution in [0.5, 0.6) is 0 Å². The van der Waals surface area contributed by atoms with E-state index in [9.17, 15) is 4.79 Å². The number of nitrogens with one attached hydrogen (secondary N) is 2. The molecule has 0 aliphatic rings. The van der Waals surface area contributed by atoms with Crippen molar-refractivity contribution in [1.82, 2.24) is 15.2 Å². The zero-order valence-electron chi connectivity index (χ0n) is 10.8. The molecule has 0 spiro atoms. The predicted molar refractivity (Wildman–Crippen MR) is 78.8 cm³/mol. The summed E-state index contributed by atoms with van der Waals surface area (Å²) in [5, 5.41) is 12.3. The lowest BCUT2D eigenvalue weighted by Gasteiger charge is -2.05. The molecule has 0 bridgehead atoms. The van der Waals surface area contributed by atoms with Gasteiger partial charge in [0.25, 0.3) is 5.91 Å². The van der Waals surface area contributed by atoms with Crippen LogP contribution in [0, 0.1) is 6.92 Å². The molecule has 2 N–H and O–H groups in total. The molecule has 0 atom stereocenters. The minimum Gasteiger partial charge on any atom is -0.322 e. The highest BCUT2D eigenvalue weighted by Crippen LogP contribution is 2.23. The van der Waals surface area contributed by atoms with Gasteiger partial charge in [0.1, 0.15) is 5.01 Å². The van der Waals surface area contributed by atoms with Crippen LogP contribution < -0.4 is 5.32 Å². The molecular formula is C14H12N4OS. The molecular weight excluding hydrogens is 272 g/mol. The van der Waals surface area contributed by atoms with E-state index in [1.165, 1.54) is 6.20 Å². The molecule has 0 fully saturated rings. The van der Waals surface area contributed by atoms with Crippen LogP contribution in [0.3, 0.4) is 0 Å². The van der Waals surface area contributed by atoms with E-state index in [0.717, 1.165) is 22.0 Å². The summed E-state index contributed by atoms with van der Waals surface area (Å²) >= 11 is 1.58. The predicted octanol–water partition coefficient (Wildman–Crippen LogP) is 3.09. The number of hydrogen-bond donors (Lipinski definition) is 2. The Morgan fingerprint density at radius 1 is 1.30 bits per heavy atom. The second kappa shape index (κ2) is 5.26. The number of H-pyrrole nitrogens is 1. The molecule has 0 unspecified atom stereocenters. The van der Waals surface area contributed by atoms with E-state index in [0.29, 0.717) is 5.56 Å². The Labute approximate surface area is 119 Å². The Morgan fingerprint density at radius 3 is 2.70 bits per heavy atom. The maximum absolute atomic E-state index is 12.0. The second-order valence-electron chi connectivity index (χ2n) is 4.28. The summed E-state index contributed by atoms with van der Waals surface area (Å²) in [5.41, 5.74) is 3.09. The Hall–Kier alpha value is -2.47. The first-order valence-corrected chi connectivity index (χ1v) is 6.93. The van der Waals surface area contributed by atoms with Crippen molar-refractivity contribution in [3.63, 3.8) is 0 Å². The van der Waals surface area contributed by atoms with Gasteiger partial charge in [-0.15, -0.1) is 11.3 Å². The minimum absolute atomic E-state index is 0.168. The van der Waals surface area contributed by atoms with Crippen LogP contribution in [-0.2, 0) is 0 Å². The van der Waals surface area contributed by atoms with Crippen molar-refractivity contribution in [2.45, 2.75) is 6.92 Å². The standard InChI is InChI=1S/C14H12N4OS/c1-9-12(8-16-18-9)13(19)17-11-4-2-10(3-5-11)14-15-6-7-20-14/h2-8H,1H3,(H,16,18)(H,17,19). The van der Waals surface area contributed by atoms with Gasteiger partial charge in [-0.25, -0.2) is 4.98 Å². The van der Waals surface area contributed by atoms with Gasteiger partial charge in [-0.3, -0.25) is 9.89 Å². The third kappa shape index (κ3) is 2.46. The molecule has 1 amide bonds.